The maximum atomic E-state index is 12.6. The van der Waals surface area contributed by atoms with Crippen molar-refractivity contribution in [1.29, 1.82) is 0 Å². The molecule has 1 N–H and O–H groups in total. The second-order valence-corrected chi connectivity index (χ2v) is 6.90. The van der Waals surface area contributed by atoms with Gasteiger partial charge in [0, 0.05) is 24.9 Å². The molecule has 152 valence electrons. The van der Waals surface area contributed by atoms with E-state index in [0.717, 1.165) is 4.90 Å². The molecule has 4 rings (SSSR count). The van der Waals surface area contributed by atoms with Crippen molar-refractivity contribution in [2.24, 2.45) is 0 Å². The number of amides is 3. The van der Waals surface area contributed by atoms with Gasteiger partial charge < -0.3 is 9.84 Å². The van der Waals surface area contributed by atoms with Crippen LogP contribution in [0.3, 0.4) is 0 Å². The number of rotatable bonds is 7. The SMILES string of the molecule is CCc1noc(CCCC(=O)Nc2cccc(N3C(=O)c4ccccc4C3=O)c2)n1. The highest BCUT2D eigenvalue weighted by molar-refractivity contribution is 6.34. The van der Waals surface area contributed by atoms with Gasteiger partial charge in [0.05, 0.1) is 16.8 Å². The minimum atomic E-state index is -0.370. The normalized spacial score (nSPS) is 12.9. The number of imide groups is 1. The zero-order valence-corrected chi connectivity index (χ0v) is 16.4. The lowest BCUT2D eigenvalue weighted by molar-refractivity contribution is -0.116. The quantitative estimate of drug-likeness (QED) is 0.605. The number of anilines is 2. The van der Waals surface area contributed by atoms with Crippen molar-refractivity contribution in [2.45, 2.75) is 32.6 Å². The van der Waals surface area contributed by atoms with E-state index in [9.17, 15) is 14.4 Å². The van der Waals surface area contributed by atoms with E-state index in [1.165, 1.54) is 0 Å². The number of aryl methyl sites for hydroxylation is 2. The molecule has 8 heteroatoms. The summed E-state index contributed by atoms with van der Waals surface area (Å²) in [6.07, 6.45) is 2.07. The Morgan fingerprint density at radius 1 is 1.07 bits per heavy atom. The number of fused-ring (bicyclic) bond motifs is 1. The van der Waals surface area contributed by atoms with Gasteiger partial charge in [-0.3, -0.25) is 14.4 Å². The van der Waals surface area contributed by atoms with Crippen LogP contribution in [0.15, 0.2) is 53.1 Å². The molecule has 0 bridgehead atoms. The Labute approximate surface area is 172 Å². The number of nitrogens with zero attached hydrogens (tertiary/aromatic N) is 3. The number of hydrogen-bond donors (Lipinski definition) is 1. The minimum Gasteiger partial charge on any atom is -0.339 e. The summed E-state index contributed by atoms with van der Waals surface area (Å²) in [7, 11) is 0. The monoisotopic (exact) mass is 404 g/mol. The molecule has 3 amide bonds. The van der Waals surface area contributed by atoms with Gasteiger partial charge in [-0.15, -0.1) is 0 Å². The summed E-state index contributed by atoms with van der Waals surface area (Å²) in [5, 5.41) is 6.63. The van der Waals surface area contributed by atoms with Gasteiger partial charge >= 0.3 is 0 Å². The third kappa shape index (κ3) is 3.84. The van der Waals surface area contributed by atoms with Gasteiger partial charge in [-0.05, 0) is 36.8 Å². The zero-order chi connectivity index (χ0) is 21.1. The Morgan fingerprint density at radius 2 is 1.80 bits per heavy atom. The number of hydrogen-bond acceptors (Lipinski definition) is 6. The molecule has 8 nitrogen and oxygen atoms in total. The van der Waals surface area contributed by atoms with Crippen LogP contribution in [0.5, 0.6) is 0 Å². The standard InChI is InChI=1S/C22H20N4O4/c1-2-18-24-20(30-25-18)12-6-11-19(27)23-14-7-5-8-15(13-14)26-21(28)16-9-3-4-10-17(16)22(26)29/h3-5,7-10,13H,2,6,11-12H2,1H3,(H,23,27). The predicted octanol–water partition coefficient (Wildman–Crippen LogP) is 3.39. The first kappa shape index (κ1) is 19.5. The largest absolute Gasteiger partial charge is 0.339 e. The van der Waals surface area contributed by atoms with Crippen molar-refractivity contribution in [3.05, 3.63) is 71.4 Å². The summed E-state index contributed by atoms with van der Waals surface area (Å²) in [6, 6.07) is 13.4. The van der Waals surface area contributed by atoms with Gasteiger partial charge in [-0.25, -0.2) is 4.90 Å². The maximum absolute atomic E-state index is 12.6. The maximum Gasteiger partial charge on any atom is 0.266 e. The van der Waals surface area contributed by atoms with Gasteiger partial charge in [0.2, 0.25) is 11.8 Å². The smallest absolute Gasteiger partial charge is 0.266 e. The molecule has 1 aliphatic heterocycles. The first-order chi connectivity index (χ1) is 14.6. The topological polar surface area (TPSA) is 105 Å². The van der Waals surface area contributed by atoms with Gasteiger partial charge in [-0.1, -0.05) is 30.3 Å². The predicted molar refractivity (Wildman–Crippen MR) is 109 cm³/mol. The average Bonchev–Trinajstić information content (AvgIpc) is 3.31. The number of nitrogens with one attached hydrogen (secondary N) is 1. The van der Waals surface area contributed by atoms with E-state index in [1.807, 2.05) is 6.92 Å². The van der Waals surface area contributed by atoms with Crippen LogP contribution < -0.4 is 10.2 Å². The highest BCUT2D eigenvalue weighted by Gasteiger charge is 2.36. The van der Waals surface area contributed by atoms with E-state index in [4.69, 9.17) is 4.52 Å². The van der Waals surface area contributed by atoms with Crippen molar-refractivity contribution < 1.29 is 18.9 Å². The third-order valence-electron chi connectivity index (χ3n) is 4.80. The molecule has 0 fully saturated rings. The molecule has 0 saturated carbocycles. The van der Waals surface area contributed by atoms with Crippen LogP contribution in [0, 0.1) is 0 Å². The Kier molecular flexibility index (Phi) is 5.38. The number of benzene rings is 2. The minimum absolute atomic E-state index is 0.176. The van der Waals surface area contributed by atoms with E-state index >= 15 is 0 Å². The lowest BCUT2D eigenvalue weighted by atomic mass is 10.1. The van der Waals surface area contributed by atoms with Crippen molar-refractivity contribution >= 4 is 29.1 Å². The van der Waals surface area contributed by atoms with Crippen LogP contribution >= 0.6 is 0 Å². The summed E-state index contributed by atoms with van der Waals surface area (Å²) >= 11 is 0. The molecule has 3 aromatic rings. The van der Waals surface area contributed by atoms with E-state index in [2.05, 4.69) is 15.5 Å². The van der Waals surface area contributed by atoms with Gasteiger partial charge in [-0.2, -0.15) is 4.98 Å². The lowest BCUT2D eigenvalue weighted by Crippen LogP contribution is -2.29. The highest BCUT2D eigenvalue weighted by atomic mass is 16.5. The fourth-order valence-electron chi connectivity index (χ4n) is 3.31. The van der Waals surface area contributed by atoms with Crippen molar-refractivity contribution in [1.82, 2.24) is 10.1 Å². The fourth-order valence-corrected chi connectivity index (χ4v) is 3.31. The van der Waals surface area contributed by atoms with E-state index in [-0.39, 0.29) is 24.1 Å². The van der Waals surface area contributed by atoms with Gasteiger partial charge in [0.1, 0.15) is 0 Å². The molecule has 1 aliphatic rings. The van der Waals surface area contributed by atoms with E-state index in [0.29, 0.717) is 53.5 Å². The summed E-state index contributed by atoms with van der Waals surface area (Å²) in [5.41, 5.74) is 1.69. The third-order valence-corrected chi connectivity index (χ3v) is 4.80. The van der Waals surface area contributed by atoms with Crippen LogP contribution in [-0.2, 0) is 17.6 Å². The summed E-state index contributed by atoms with van der Waals surface area (Å²) in [4.78, 5) is 42.9. The second kappa shape index (κ2) is 8.28. The molecule has 0 unspecified atom stereocenters. The van der Waals surface area contributed by atoms with Crippen molar-refractivity contribution in [3.63, 3.8) is 0 Å². The first-order valence-electron chi connectivity index (χ1n) is 9.76. The Hall–Kier alpha value is -3.81. The van der Waals surface area contributed by atoms with Crippen LogP contribution in [0.4, 0.5) is 11.4 Å². The molecule has 0 aliphatic carbocycles. The van der Waals surface area contributed by atoms with Gasteiger partial charge in [0.25, 0.3) is 11.8 Å². The highest BCUT2D eigenvalue weighted by Crippen LogP contribution is 2.29. The molecule has 1 aromatic heterocycles. The molecule has 0 saturated heterocycles. The van der Waals surface area contributed by atoms with Crippen LogP contribution in [-0.4, -0.2) is 27.9 Å². The molecule has 2 aromatic carbocycles. The zero-order valence-electron chi connectivity index (χ0n) is 16.4. The molecule has 0 spiro atoms. The Bertz CT molecular complexity index is 1090. The number of carbonyl (C=O) groups is 3. The first-order valence-corrected chi connectivity index (χ1v) is 9.76. The second-order valence-electron chi connectivity index (χ2n) is 6.90. The molecule has 0 atom stereocenters. The lowest BCUT2D eigenvalue weighted by Gasteiger charge is -2.15. The molecule has 30 heavy (non-hydrogen) atoms. The van der Waals surface area contributed by atoms with E-state index < -0.39 is 0 Å². The van der Waals surface area contributed by atoms with Crippen molar-refractivity contribution in [3.8, 4) is 0 Å². The van der Waals surface area contributed by atoms with Crippen molar-refractivity contribution in [2.75, 3.05) is 10.2 Å². The van der Waals surface area contributed by atoms with Crippen LogP contribution in [0.25, 0.3) is 0 Å². The molecule has 2 heterocycles. The molecule has 0 radical (unpaired) electrons. The summed E-state index contributed by atoms with van der Waals surface area (Å²) in [6.45, 7) is 1.94. The summed E-state index contributed by atoms with van der Waals surface area (Å²) in [5.74, 6) is 0.256. The number of carbonyl (C=O) groups excluding carboxylic acids is 3. The Morgan fingerprint density at radius 3 is 2.47 bits per heavy atom. The fraction of sp³-hybridized carbons (Fsp3) is 0.227. The van der Waals surface area contributed by atoms with E-state index in [1.54, 1.807) is 48.5 Å². The molecular weight excluding hydrogens is 384 g/mol. The van der Waals surface area contributed by atoms with Crippen LogP contribution in [0.1, 0.15) is 52.2 Å². The van der Waals surface area contributed by atoms with Gasteiger partial charge in [0.15, 0.2) is 5.82 Å². The number of aromatic nitrogens is 2. The summed E-state index contributed by atoms with van der Waals surface area (Å²) < 4.78 is 5.11. The molecular formula is C22H20N4O4. The average molecular weight is 404 g/mol. The van der Waals surface area contributed by atoms with Crippen LogP contribution in [0.2, 0.25) is 0 Å². The Balaban J connectivity index is 1.38.